The Kier molecular flexibility index (Phi) is 4.46. The van der Waals surface area contributed by atoms with E-state index in [1.807, 2.05) is 6.07 Å². The van der Waals surface area contributed by atoms with E-state index in [9.17, 15) is 20.6 Å². The van der Waals surface area contributed by atoms with Crippen LogP contribution in [0.2, 0.25) is 5.02 Å². The van der Waals surface area contributed by atoms with Crippen LogP contribution in [0.1, 0.15) is 11.7 Å². The smallest absolute Gasteiger partial charge is 0.130 e. The third kappa shape index (κ3) is 3.01. The minimum Gasteiger partial charge on any atom is -0.507 e. The number of halogens is 1. The number of hydrogen-bond donors (Lipinski definition) is 3. The van der Waals surface area contributed by atoms with Crippen LogP contribution in [0.3, 0.4) is 0 Å². The minimum atomic E-state index is -1.11. The Balaban J connectivity index is 2.00. The summed E-state index contributed by atoms with van der Waals surface area (Å²) in [5.74, 6) is 0.0622. The van der Waals surface area contributed by atoms with Crippen LogP contribution in [0, 0.1) is 11.3 Å². The van der Waals surface area contributed by atoms with Crippen molar-refractivity contribution in [1.29, 1.82) is 5.26 Å². The number of aliphatic hydroxyl groups excluding tert-OH is 1. The summed E-state index contributed by atoms with van der Waals surface area (Å²) in [6.45, 7) is 0. The third-order valence-corrected chi connectivity index (χ3v) is 6.19. The fourth-order valence-electron chi connectivity index (χ4n) is 2.09. The van der Waals surface area contributed by atoms with E-state index < -0.39 is 6.10 Å². The van der Waals surface area contributed by atoms with E-state index >= 15 is 0 Å². The van der Waals surface area contributed by atoms with Gasteiger partial charge < -0.3 is 15.3 Å². The summed E-state index contributed by atoms with van der Waals surface area (Å²) in [5.41, 5.74) is 0.710. The number of thioether (sulfide) groups is 2. The number of rotatable bonds is 2. The normalized spacial score (nSPS) is 14.2. The highest BCUT2D eigenvalue weighted by Gasteiger charge is 2.29. The average Bonchev–Trinajstić information content (AvgIpc) is 2.98. The molecule has 4 nitrogen and oxygen atoms in total. The summed E-state index contributed by atoms with van der Waals surface area (Å²) in [6.07, 6.45) is -1.11. The standard InChI is InChI=1S/C16H10ClNO3S2/c17-9-3-1-8(2-4-9)13(21)10(7-18)16-22-14-11(19)5-6-12(20)15(14)23-16/h1-6,13,19-21H. The zero-order valence-electron chi connectivity index (χ0n) is 11.5. The number of aliphatic hydroxyl groups is 1. The molecule has 7 heteroatoms. The van der Waals surface area contributed by atoms with Crippen LogP contribution in [0.15, 0.2) is 56.0 Å². The quantitative estimate of drug-likeness (QED) is 0.541. The van der Waals surface area contributed by atoms with Crippen LogP contribution in [0.5, 0.6) is 11.5 Å². The van der Waals surface area contributed by atoms with Gasteiger partial charge in [-0.15, -0.1) is 0 Å². The molecule has 0 saturated carbocycles. The molecule has 1 atom stereocenters. The van der Waals surface area contributed by atoms with Gasteiger partial charge >= 0.3 is 0 Å². The highest BCUT2D eigenvalue weighted by atomic mass is 35.5. The van der Waals surface area contributed by atoms with E-state index in [1.54, 1.807) is 24.3 Å². The second-order valence-electron chi connectivity index (χ2n) is 4.73. The number of benzene rings is 2. The zero-order valence-corrected chi connectivity index (χ0v) is 13.9. The van der Waals surface area contributed by atoms with Crippen LogP contribution < -0.4 is 0 Å². The van der Waals surface area contributed by atoms with Crippen LogP contribution >= 0.6 is 35.1 Å². The molecule has 0 saturated heterocycles. The molecule has 0 radical (unpaired) electrons. The molecule has 2 aromatic carbocycles. The number of nitrogens with zero attached hydrogens (tertiary/aromatic N) is 1. The summed E-state index contributed by atoms with van der Waals surface area (Å²) in [7, 11) is 0. The summed E-state index contributed by atoms with van der Waals surface area (Å²) >= 11 is 8.15. The van der Waals surface area contributed by atoms with E-state index in [0.717, 1.165) is 23.5 Å². The van der Waals surface area contributed by atoms with E-state index in [-0.39, 0.29) is 17.1 Å². The van der Waals surface area contributed by atoms with Gasteiger partial charge in [-0.2, -0.15) is 5.26 Å². The number of nitriles is 1. The molecule has 0 spiro atoms. The molecular weight excluding hydrogens is 354 g/mol. The van der Waals surface area contributed by atoms with Gasteiger partial charge in [0.05, 0.1) is 25.7 Å². The van der Waals surface area contributed by atoms with Crippen molar-refractivity contribution in [1.82, 2.24) is 0 Å². The van der Waals surface area contributed by atoms with Gasteiger partial charge in [-0.3, -0.25) is 0 Å². The number of fused-ring (bicyclic) bond motifs is 1. The van der Waals surface area contributed by atoms with Crippen LogP contribution in [0.4, 0.5) is 0 Å². The Morgan fingerprint density at radius 2 is 1.52 bits per heavy atom. The van der Waals surface area contributed by atoms with Crippen molar-refractivity contribution in [3.63, 3.8) is 0 Å². The molecule has 23 heavy (non-hydrogen) atoms. The number of aromatic hydroxyl groups is 2. The lowest BCUT2D eigenvalue weighted by atomic mass is 10.0. The Morgan fingerprint density at radius 1 is 1.00 bits per heavy atom. The maximum absolute atomic E-state index is 10.5. The van der Waals surface area contributed by atoms with Crippen LogP contribution in [0.25, 0.3) is 0 Å². The van der Waals surface area contributed by atoms with Gasteiger partial charge in [0.15, 0.2) is 0 Å². The highest BCUT2D eigenvalue weighted by molar-refractivity contribution is 8.24. The lowest BCUT2D eigenvalue weighted by Crippen LogP contribution is -2.01. The molecule has 3 rings (SSSR count). The molecule has 1 aliphatic rings. The lowest BCUT2D eigenvalue weighted by Gasteiger charge is -2.11. The van der Waals surface area contributed by atoms with E-state index in [1.165, 1.54) is 12.1 Å². The van der Waals surface area contributed by atoms with E-state index in [0.29, 0.717) is 24.6 Å². The van der Waals surface area contributed by atoms with E-state index in [4.69, 9.17) is 11.6 Å². The highest BCUT2D eigenvalue weighted by Crippen LogP contribution is 2.59. The summed E-state index contributed by atoms with van der Waals surface area (Å²) in [5, 5.41) is 40.2. The Labute approximate surface area is 146 Å². The summed E-state index contributed by atoms with van der Waals surface area (Å²) < 4.78 is 0.529. The van der Waals surface area contributed by atoms with Gasteiger partial charge in [0, 0.05) is 5.02 Å². The first-order valence-electron chi connectivity index (χ1n) is 6.49. The average molecular weight is 364 g/mol. The Morgan fingerprint density at radius 3 is 2.00 bits per heavy atom. The first-order valence-corrected chi connectivity index (χ1v) is 8.50. The predicted octanol–water partition coefficient (Wildman–Crippen LogP) is 4.42. The van der Waals surface area contributed by atoms with Crippen LogP contribution in [-0.4, -0.2) is 15.3 Å². The third-order valence-electron chi connectivity index (χ3n) is 3.26. The first-order chi connectivity index (χ1) is 11.0. The van der Waals surface area contributed by atoms with Gasteiger partial charge in [0.2, 0.25) is 0 Å². The predicted molar refractivity (Wildman–Crippen MR) is 90.5 cm³/mol. The Bertz CT molecular complexity index is 811. The molecule has 116 valence electrons. The maximum Gasteiger partial charge on any atom is 0.130 e. The second-order valence-corrected chi connectivity index (χ2v) is 7.47. The van der Waals surface area contributed by atoms with Gasteiger partial charge in [-0.1, -0.05) is 47.3 Å². The summed E-state index contributed by atoms with van der Waals surface area (Å²) in [6, 6.07) is 11.4. The number of hydrogen-bond acceptors (Lipinski definition) is 6. The second kappa shape index (κ2) is 6.38. The molecule has 1 aliphatic heterocycles. The van der Waals surface area contributed by atoms with Crippen molar-refractivity contribution in [3.8, 4) is 17.6 Å². The fraction of sp³-hybridized carbons (Fsp3) is 0.0625. The lowest BCUT2D eigenvalue weighted by molar-refractivity contribution is 0.220. The van der Waals surface area contributed by atoms with Gasteiger partial charge in [-0.25, -0.2) is 0 Å². The van der Waals surface area contributed by atoms with Crippen LogP contribution in [-0.2, 0) is 0 Å². The first kappa shape index (κ1) is 16.1. The van der Waals surface area contributed by atoms with E-state index in [2.05, 4.69) is 0 Å². The molecule has 0 aromatic heterocycles. The van der Waals surface area contributed by atoms with Crippen molar-refractivity contribution in [2.45, 2.75) is 15.9 Å². The molecule has 1 unspecified atom stereocenters. The van der Waals surface area contributed by atoms with Gasteiger partial charge in [-0.05, 0) is 29.8 Å². The molecule has 2 aromatic rings. The van der Waals surface area contributed by atoms with Crippen molar-refractivity contribution < 1.29 is 15.3 Å². The molecule has 0 fully saturated rings. The largest absolute Gasteiger partial charge is 0.507 e. The fourth-order valence-corrected chi connectivity index (χ4v) is 4.77. The molecular formula is C16H10ClNO3S2. The molecule has 1 heterocycles. The molecule has 3 N–H and O–H groups in total. The Hall–Kier alpha value is -1.78. The molecule has 0 aliphatic carbocycles. The minimum absolute atomic E-state index is 0.0311. The van der Waals surface area contributed by atoms with Crippen molar-refractivity contribution in [3.05, 3.63) is 56.8 Å². The zero-order chi connectivity index (χ0) is 16.6. The number of phenolic OH excluding ortho intramolecular Hbond substituents is 2. The number of phenols is 2. The van der Waals surface area contributed by atoms with Gasteiger partial charge in [0.1, 0.15) is 17.6 Å². The van der Waals surface area contributed by atoms with Gasteiger partial charge in [0.25, 0.3) is 0 Å². The monoisotopic (exact) mass is 363 g/mol. The van der Waals surface area contributed by atoms with Crippen molar-refractivity contribution >= 4 is 35.1 Å². The van der Waals surface area contributed by atoms with Crippen molar-refractivity contribution in [2.24, 2.45) is 0 Å². The molecule has 0 bridgehead atoms. The molecule has 0 amide bonds. The van der Waals surface area contributed by atoms with Crippen molar-refractivity contribution in [2.75, 3.05) is 0 Å². The topological polar surface area (TPSA) is 84.5 Å². The SMILES string of the molecule is N#CC(=C1Sc2c(O)ccc(O)c2S1)C(O)c1ccc(Cl)cc1. The maximum atomic E-state index is 10.5. The summed E-state index contributed by atoms with van der Waals surface area (Å²) in [4.78, 5) is 0.974.